The van der Waals surface area contributed by atoms with Gasteiger partial charge in [-0.25, -0.2) is 0 Å². The van der Waals surface area contributed by atoms with Crippen molar-refractivity contribution >= 4 is 40.9 Å². The van der Waals surface area contributed by atoms with Gasteiger partial charge in [-0.15, -0.1) is 11.3 Å². The van der Waals surface area contributed by atoms with E-state index in [2.05, 4.69) is 6.07 Å². The second-order valence-electron chi connectivity index (χ2n) is 6.19. The van der Waals surface area contributed by atoms with Crippen LogP contribution in [0.5, 0.6) is 0 Å². The third-order valence-electron chi connectivity index (χ3n) is 4.17. The molecule has 3 aromatic rings. The van der Waals surface area contributed by atoms with Crippen molar-refractivity contribution in [3.8, 4) is 0 Å². The van der Waals surface area contributed by atoms with Gasteiger partial charge in [0.05, 0.1) is 4.53 Å². The summed E-state index contributed by atoms with van der Waals surface area (Å²) in [6, 6.07) is 12.8. The maximum atomic E-state index is 12.5. The first-order chi connectivity index (χ1) is 12.3. The number of benzene rings is 2. The molecular formula is C21H18ClNO2S. The summed E-state index contributed by atoms with van der Waals surface area (Å²) in [6.07, 6.45) is 3.38. The number of thiazole rings is 1. The van der Waals surface area contributed by atoms with E-state index in [4.69, 9.17) is 11.6 Å². The number of aryl methyl sites for hydroxylation is 2. The van der Waals surface area contributed by atoms with Crippen molar-refractivity contribution in [1.29, 1.82) is 0 Å². The van der Waals surface area contributed by atoms with Crippen LogP contribution >= 0.6 is 22.9 Å². The van der Waals surface area contributed by atoms with E-state index in [9.17, 15) is 9.59 Å². The molecule has 0 aliphatic rings. The zero-order chi connectivity index (χ0) is 18.8. The number of hydrogen-bond donors (Lipinski definition) is 0. The van der Waals surface area contributed by atoms with Crippen LogP contribution in [0.15, 0.2) is 47.3 Å². The molecule has 0 atom stereocenters. The first-order valence-electron chi connectivity index (χ1n) is 8.11. The van der Waals surface area contributed by atoms with Crippen LogP contribution in [0, 0.1) is 13.8 Å². The van der Waals surface area contributed by atoms with Gasteiger partial charge in [-0.05, 0) is 55.3 Å². The van der Waals surface area contributed by atoms with Gasteiger partial charge in [-0.1, -0.05) is 35.4 Å². The SMILES string of the molecule is Cc1ccc(C)c(/C=c2\s/c(=C\C(=O)c3ccc(Cl)cc3)n(C)c2=O)c1. The molecule has 2 aromatic carbocycles. The standard InChI is InChI=1S/C21H18ClNO2S/c1-13-4-5-14(2)16(10-13)11-19-21(25)23(3)20(26-19)12-18(24)15-6-8-17(22)9-7-15/h4-12H,1-3H3/b19-11-,20-12-. The average Bonchev–Trinajstić information content (AvgIpc) is 2.86. The maximum absolute atomic E-state index is 12.5. The number of ketones is 1. The van der Waals surface area contributed by atoms with E-state index >= 15 is 0 Å². The monoisotopic (exact) mass is 383 g/mol. The summed E-state index contributed by atoms with van der Waals surface area (Å²) in [5.74, 6) is -0.156. The molecule has 0 bridgehead atoms. The number of carbonyl (C=O) groups is 1. The Kier molecular flexibility index (Phi) is 5.25. The third kappa shape index (κ3) is 3.87. The smallest absolute Gasteiger partial charge is 0.268 e. The molecule has 0 aliphatic heterocycles. The zero-order valence-electron chi connectivity index (χ0n) is 14.7. The lowest BCUT2D eigenvalue weighted by Gasteiger charge is -2.00. The van der Waals surface area contributed by atoms with Crippen molar-refractivity contribution in [2.45, 2.75) is 13.8 Å². The average molecular weight is 384 g/mol. The minimum atomic E-state index is -0.156. The van der Waals surface area contributed by atoms with Crippen LogP contribution in [0.4, 0.5) is 0 Å². The lowest BCUT2D eigenvalue weighted by atomic mass is 10.1. The molecule has 0 saturated heterocycles. The van der Waals surface area contributed by atoms with Gasteiger partial charge in [0, 0.05) is 23.7 Å². The minimum Gasteiger partial charge on any atom is -0.302 e. The second kappa shape index (κ2) is 7.44. The highest BCUT2D eigenvalue weighted by Crippen LogP contribution is 2.11. The predicted octanol–water partition coefficient (Wildman–Crippen LogP) is 3.21. The van der Waals surface area contributed by atoms with Crippen molar-refractivity contribution in [1.82, 2.24) is 4.57 Å². The number of carbonyl (C=O) groups excluding carboxylic acids is 1. The first kappa shape index (κ1) is 18.4. The molecule has 132 valence electrons. The summed E-state index contributed by atoms with van der Waals surface area (Å²) in [4.78, 5) is 25.0. The summed E-state index contributed by atoms with van der Waals surface area (Å²) >= 11 is 7.17. The molecule has 0 spiro atoms. The summed E-state index contributed by atoms with van der Waals surface area (Å²) < 4.78 is 2.73. The molecule has 1 aromatic heterocycles. The minimum absolute atomic E-state index is 0.105. The summed E-state index contributed by atoms with van der Waals surface area (Å²) in [6.45, 7) is 4.04. The van der Waals surface area contributed by atoms with Gasteiger partial charge in [0.1, 0.15) is 4.66 Å². The molecular weight excluding hydrogens is 366 g/mol. The molecule has 0 aliphatic carbocycles. The van der Waals surface area contributed by atoms with Gasteiger partial charge >= 0.3 is 0 Å². The fraction of sp³-hybridized carbons (Fsp3) is 0.143. The predicted molar refractivity (Wildman–Crippen MR) is 109 cm³/mol. The largest absolute Gasteiger partial charge is 0.302 e. The van der Waals surface area contributed by atoms with E-state index in [1.807, 2.05) is 32.1 Å². The maximum Gasteiger partial charge on any atom is 0.268 e. The van der Waals surface area contributed by atoms with Crippen LogP contribution in [-0.2, 0) is 7.05 Å². The molecule has 3 rings (SSSR count). The fourth-order valence-electron chi connectivity index (χ4n) is 2.57. The third-order valence-corrected chi connectivity index (χ3v) is 5.53. The van der Waals surface area contributed by atoms with E-state index in [0.29, 0.717) is 19.8 Å². The molecule has 0 fully saturated rings. The van der Waals surface area contributed by atoms with Gasteiger partial charge in [0.15, 0.2) is 5.78 Å². The number of halogens is 1. The van der Waals surface area contributed by atoms with E-state index in [1.165, 1.54) is 22.0 Å². The summed E-state index contributed by atoms with van der Waals surface area (Å²) in [5.41, 5.74) is 3.69. The van der Waals surface area contributed by atoms with Gasteiger partial charge in [0.2, 0.25) is 0 Å². The quantitative estimate of drug-likeness (QED) is 0.651. The van der Waals surface area contributed by atoms with Crippen LogP contribution in [0.3, 0.4) is 0 Å². The Morgan fingerprint density at radius 3 is 2.50 bits per heavy atom. The molecule has 26 heavy (non-hydrogen) atoms. The van der Waals surface area contributed by atoms with E-state index in [-0.39, 0.29) is 11.3 Å². The van der Waals surface area contributed by atoms with Crippen molar-refractivity contribution in [3.63, 3.8) is 0 Å². The number of nitrogens with zero attached hydrogens (tertiary/aromatic N) is 1. The Labute approximate surface area is 160 Å². The molecule has 0 unspecified atom stereocenters. The van der Waals surface area contributed by atoms with Crippen LogP contribution in [0.25, 0.3) is 12.2 Å². The van der Waals surface area contributed by atoms with Crippen molar-refractivity contribution in [2.24, 2.45) is 7.05 Å². The Morgan fingerprint density at radius 1 is 1.12 bits per heavy atom. The highest BCUT2D eigenvalue weighted by atomic mass is 35.5. The second-order valence-corrected chi connectivity index (χ2v) is 7.69. The van der Waals surface area contributed by atoms with Crippen LogP contribution < -0.4 is 14.8 Å². The topological polar surface area (TPSA) is 39.1 Å². The number of hydrogen-bond acceptors (Lipinski definition) is 3. The number of aromatic nitrogens is 1. The van der Waals surface area contributed by atoms with Gasteiger partial charge in [-0.3, -0.25) is 9.59 Å². The Bertz CT molecular complexity index is 1150. The van der Waals surface area contributed by atoms with Gasteiger partial charge < -0.3 is 4.57 Å². The molecule has 0 amide bonds. The normalized spacial score (nSPS) is 12.6. The van der Waals surface area contributed by atoms with Crippen LogP contribution in [-0.4, -0.2) is 10.4 Å². The van der Waals surface area contributed by atoms with Crippen molar-refractivity contribution in [2.75, 3.05) is 0 Å². The highest BCUT2D eigenvalue weighted by Gasteiger charge is 2.06. The summed E-state index contributed by atoms with van der Waals surface area (Å²) in [7, 11) is 1.68. The van der Waals surface area contributed by atoms with E-state index < -0.39 is 0 Å². The van der Waals surface area contributed by atoms with E-state index in [1.54, 1.807) is 31.3 Å². The fourth-order valence-corrected chi connectivity index (χ4v) is 3.72. The van der Waals surface area contributed by atoms with E-state index in [0.717, 1.165) is 16.7 Å². The lowest BCUT2D eigenvalue weighted by molar-refractivity contribution is 0.106. The highest BCUT2D eigenvalue weighted by molar-refractivity contribution is 7.07. The zero-order valence-corrected chi connectivity index (χ0v) is 16.3. The molecule has 3 nitrogen and oxygen atoms in total. The summed E-state index contributed by atoms with van der Waals surface area (Å²) in [5, 5.41) is 0.579. The molecule has 0 radical (unpaired) electrons. The Hall–Kier alpha value is -2.43. The number of Topliss-reactive ketones (excluding diaryl/α,β-unsaturated/α-hetero) is 1. The van der Waals surface area contributed by atoms with Crippen molar-refractivity contribution < 1.29 is 4.79 Å². The lowest BCUT2D eigenvalue weighted by Crippen LogP contribution is -2.29. The Morgan fingerprint density at radius 2 is 1.81 bits per heavy atom. The van der Waals surface area contributed by atoms with Crippen LogP contribution in [0.1, 0.15) is 27.0 Å². The molecule has 1 heterocycles. The van der Waals surface area contributed by atoms with Gasteiger partial charge in [-0.2, -0.15) is 0 Å². The van der Waals surface area contributed by atoms with Crippen molar-refractivity contribution in [3.05, 3.63) is 89.3 Å². The van der Waals surface area contributed by atoms with Crippen LogP contribution in [0.2, 0.25) is 5.02 Å². The molecule has 0 saturated carbocycles. The molecule has 0 N–H and O–H groups in total. The number of rotatable bonds is 3. The van der Waals surface area contributed by atoms with Gasteiger partial charge in [0.25, 0.3) is 5.56 Å². The molecule has 5 heteroatoms. The first-order valence-corrected chi connectivity index (χ1v) is 9.31. The Balaban J connectivity index is 2.09.